The first-order valence-corrected chi connectivity index (χ1v) is 8.06. The molecule has 0 unspecified atom stereocenters. The average Bonchev–Trinajstić information content (AvgIpc) is 3.07. The molecule has 1 saturated heterocycles. The molecule has 0 aliphatic carbocycles. The molecule has 0 radical (unpaired) electrons. The van der Waals surface area contributed by atoms with Crippen molar-refractivity contribution in [1.29, 1.82) is 0 Å². The van der Waals surface area contributed by atoms with Gasteiger partial charge in [-0.1, -0.05) is 6.08 Å². The lowest BCUT2D eigenvalue weighted by Gasteiger charge is -2.36. The Labute approximate surface area is 142 Å². The van der Waals surface area contributed by atoms with Crippen LogP contribution in [-0.4, -0.2) is 26.8 Å². The summed E-state index contributed by atoms with van der Waals surface area (Å²) in [5.41, 5.74) is 1.38. The maximum Gasteiger partial charge on any atom is 0.275 e. The van der Waals surface area contributed by atoms with Crippen molar-refractivity contribution in [2.75, 3.05) is 4.90 Å². The lowest BCUT2D eigenvalue weighted by atomic mass is 9.97. The summed E-state index contributed by atoms with van der Waals surface area (Å²) in [6.07, 6.45) is 6.02. The first kappa shape index (κ1) is 15.7. The van der Waals surface area contributed by atoms with Gasteiger partial charge >= 0.3 is 0 Å². The van der Waals surface area contributed by atoms with Gasteiger partial charge in [0.25, 0.3) is 5.69 Å². The van der Waals surface area contributed by atoms with E-state index < -0.39 is 22.2 Å². The van der Waals surface area contributed by atoms with Crippen LogP contribution in [0.2, 0.25) is 0 Å². The highest BCUT2D eigenvalue weighted by atomic mass is 19.1. The lowest BCUT2D eigenvalue weighted by Crippen LogP contribution is -2.39. The predicted octanol–water partition coefficient (Wildman–Crippen LogP) is 3.43. The van der Waals surface area contributed by atoms with E-state index in [0.717, 1.165) is 36.2 Å². The highest BCUT2D eigenvalue weighted by Crippen LogP contribution is 2.43. The van der Waals surface area contributed by atoms with Crippen molar-refractivity contribution in [1.82, 2.24) is 9.78 Å². The van der Waals surface area contributed by atoms with Gasteiger partial charge in [0.05, 0.1) is 22.7 Å². The summed E-state index contributed by atoms with van der Waals surface area (Å²) in [7, 11) is 1.86. The Kier molecular flexibility index (Phi) is 3.55. The molecule has 25 heavy (non-hydrogen) atoms. The zero-order chi connectivity index (χ0) is 17.7. The Morgan fingerprint density at radius 2 is 2.00 bits per heavy atom. The van der Waals surface area contributed by atoms with E-state index in [0.29, 0.717) is 6.42 Å². The molecule has 0 saturated carbocycles. The van der Waals surface area contributed by atoms with Gasteiger partial charge < -0.3 is 4.90 Å². The number of halogens is 2. The molecule has 0 spiro atoms. The van der Waals surface area contributed by atoms with Crippen LogP contribution in [0, 0.1) is 21.7 Å². The topological polar surface area (TPSA) is 64.2 Å². The largest absolute Gasteiger partial charge is 0.357 e. The van der Waals surface area contributed by atoms with Gasteiger partial charge in [-0.2, -0.15) is 5.10 Å². The maximum atomic E-state index is 14.4. The first-order valence-electron chi connectivity index (χ1n) is 8.06. The van der Waals surface area contributed by atoms with Crippen LogP contribution >= 0.6 is 0 Å². The lowest BCUT2D eigenvalue weighted by molar-refractivity contribution is -0.385. The Morgan fingerprint density at radius 1 is 1.28 bits per heavy atom. The number of nitro groups is 1. The number of aryl methyl sites for hydroxylation is 1. The van der Waals surface area contributed by atoms with E-state index in [1.165, 1.54) is 0 Å². The van der Waals surface area contributed by atoms with Crippen LogP contribution in [0.4, 0.5) is 20.2 Å². The minimum Gasteiger partial charge on any atom is -0.357 e. The number of non-ortho nitro benzene ring substituents is 1. The third kappa shape index (κ3) is 2.48. The zero-order valence-electron chi connectivity index (χ0n) is 13.5. The summed E-state index contributed by atoms with van der Waals surface area (Å²) < 4.78 is 30.7. The molecule has 1 aromatic carbocycles. The smallest absolute Gasteiger partial charge is 0.275 e. The second-order valence-corrected chi connectivity index (χ2v) is 6.46. The van der Waals surface area contributed by atoms with Gasteiger partial charge in [-0.25, -0.2) is 8.78 Å². The summed E-state index contributed by atoms with van der Waals surface area (Å²) in [6, 6.07) is 3.34. The summed E-state index contributed by atoms with van der Waals surface area (Å²) >= 11 is 0. The number of fused-ring (bicyclic) bond motifs is 2. The molecule has 4 rings (SSSR count). The molecule has 6 nitrogen and oxygen atoms in total. The summed E-state index contributed by atoms with van der Waals surface area (Å²) in [6.45, 7) is 0. The molecule has 1 aromatic heterocycles. The monoisotopic (exact) mass is 346 g/mol. The molecule has 2 aliphatic heterocycles. The standard InChI is InChI=1S/C17H16F2N4O2/c1-21-16(4-5-20-21)10-6-11-2-3-12(7-10)22(11)17-14(18)8-13(23(24)25)9-15(17)19/h4-6,8-9,11-12H,2-3,7H2,1H3/t11-,12+/m1/s1. The second-order valence-electron chi connectivity index (χ2n) is 6.46. The van der Waals surface area contributed by atoms with Gasteiger partial charge in [0.15, 0.2) is 11.6 Å². The third-order valence-corrected chi connectivity index (χ3v) is 5.02. The Hall–Kier alpha value is -2.77. The fraction of sp³-hybridized carbons (Fsp3) is 0.353. The van der Waals surface area contributed by atoms with Crippen molar-refractivity contribution in [2.24, 2.45) is 7.05 Å². The molecule has 2 bridgehead atoms. The molecule has 0 N–H and O–H groups in total. The minimum atomic E-state index is -0.888. The number of benzene rings is 1. The summed E-state index contributed by atoms with van der Waals surface area (Å²) in [5, 5.41) is 15.0. The number of anilines is 1. The highest BCUT2D eigenvalue weighted by Gasteiger charge is 2.40. The van der Waals surface area contributed by atoms with Crippen molar-refractivity contribution >= 4 is 16.9 Å². The van der Waals surface area contributed by atoms with Crippen molar-refractivity contribution < 1.29 is 13.7 Å². The third-order valence-electron chi connectivity index (χ3n) is 5.02. The van der Waals surface area contributed by atoms with Crippen LogP contribution in [-0.2, 0) is 7.05 Å². The van der Waals surface area contributed by atoms with Crippen LogP contribution in [0.25, 0.3) is 5.57 Å². The average molecular weight is 346 g/mol. The first-order chi connectivity index (χ1) is 12.0. The summed E-state index contributed by atoms with van der Waals surface area (Å²) in [4.78, 5) is 11.7. The molecular weight excluding hydrogens is 330 g/mol. The normalized spacial score (nSPS) is 22.2. The van der Waals surface area contributed by atoms with Crippen LogP contribution in [0.15, 0.2) is 30.5 Å². The molecule has 3 heterocycles. The predicted molar refractivity (Wildman–Crippen MR) is 88.1 cm³/mol. The van der Waals surface area contributed by atoms with Crippen LogP contribution in [0.3, 0.4) is 0 Å². The molecule has 2 aromatic rings. The van der Waals surface area contributed by atoms with Crippen LogP contribution < -0.4 is 4.90 Å². The minimum absolute atomic E-state index is 0.0367. The van der Waals surface area contributed by atoms with Gasteiger partial charge in [0.2, 0.25) is 0 Å². The number of hydrogen-bond acceptors (Lipinski definition) is 4. The number of nitrogens with zero attached hydrogens (tertiary/aromatic N) is 4. The molecule has 130 valence electrons. The van der Waals surface area contributed by atoms with Gasteiger partial charge in [0.1, 0.15) is 5.69 Å². The molecule has 2 atom stereocenters. The Morgan fingerprint density at radius 3 is 2.56 bits per heavy atom. The van der Waals surface area contributed by atoms with Crippen LogP contribution in [0.5, 0.6) is 0 Å². The fourth-order valence-electron chi connectivity index (χ4n) is 3.96. The van der Waals surface area contributed by atoms with E-state index in [9.17, 15) is 18.9 Å². The maximum absolute atomic E-state index is 14.4. The number of nitro benzene ring substituents is 1. The number of hydrogen-bond donors (Lipinski definition) is 0. The molecular formula is C17H16F2N4O2. The Bertz CT molecular complexity index is 870. The van der Waals surface area contributed by atoms with Crippen molar-refractivity contribution in [3.63, 3.8) is 0 Å². The second kappa shape index (κ2) is 5.65. The van der Waals surface area contributed by atoms with E-state index in [-0.39, 0.29) is 17.8 Å². The molecule has 1 fully saturated rings. The summed E-state index contributed by atoms with van der Waals surface area (Å²) in [5.74, 6) is -1.78. The van der Waals surface area contributed by atoms with E-state index in [1.54, 1.807) is 15.8 Å². The zero-order valence-corrected chi connectivity index (χ0v) is 13.5. The van der Waals surface area contributed by atoms with Crippen molar-refractivity contribution in [3.05, 3.63) is 57.9 Å². The SMILES string of the molecule is Cn1nccc1C1=C[C@H]2CC[C@@H](C1)N2c1c(F)cc([N+](=O)[O-])cc1F. The fourth-order valence-corrected chi connectivity index (χ4v) is 3.96. The number of aromatic nitrogens is 2. The Balaban J connectivity index is 1.73. The van der Waals surface area contributed by atoms with Gasteiger partial charge in [0, 0.05) is 25.3 Å². The van der Waals surface area contributed by atoms with Crippen molar-refractivity contribution in [2.45, 2.75) is 31.3 Å². The molecule has 0 amide bonds. The van der Waals surface area contributed by atoms with Gasteiger partial charge in [-0.15, -0.1) is 0 Å². The molecule has 8 heteroatoms. The quantitative estimate of drug-likeness (QED) is 0.631. The van der Waals surface area contributed by atoms with Crippen LogP contribution in [0.1, 0.15) is 25.0 Å². The van der Waals surface area contributed by atoms with Gasteiger partial charge in [-0.3, -0.25) is 14.8 Å². The van der Waals surface area contributed by atoms with E-state index in [1.807, 2.05) is 19.2 Å². The van der Waals surface area contributed by atoms with Crippen molar-refractivity contribution in [3.8, 4) is 0 Å². The number of rotatable bonds is 3. The van der Waals surface area contributed by atoms with E-state index in [2.05, 4.69) is 5.10 Å². The highest BCUT2D eigenvalue weighted by molar-refractivity contribution is 5.70. The molecule has 2 aliphatic rings. The van der Waals surface area contributed by atoms with Gasteiger partial charge in [-0.05, 0) is 30.9 Å². The van der Waals surface area contributed by atoms with E-state index in [4.69, 9.17) is 0 Å². The van der Waals surface area contributed by atoms with E-state index >= 15 is 0 Å².